The van der Waals surface area contributed by atoms with Gasteiger partial charge in [-0.05, 0) is 44.9 Å². The molecule has 3 rings (SSSR count). The highest BCUT2D eigenvalue weighted by Gasteiger charge is 2.78. The third-order valence-electron chi connectivity index (χ3n) is 8.06. The first-order valence-electron chi connectivity index (χ1n) is 13.4. The Kier molecular flexibility index (Phi) is 9.36. The Labute approximate surface area is 220 Å². The van der Waals surface area contributed by atoms with Crippen molar-refractivity contribution in [3.8, 4) is 0 Å². The largest absolute Gasteiger partial charge is 0.465 e. The van der Waals surface area contributed by atoms with E-state index in [1.165, 1.54) is 0 Å². The zero-order valence-electron chi connectivity index (χ0n) is 22.4. The maximum atomic E-state index is 14.3. The van der Waals surface area contributed by atoms with Crippen LogP contribution in [0.4, 0.5) is 0 Å². The fraction of sp³-hybridized carbons (Fsp3) is 0.750. The Hall–Kier alpha value is -1.80. The number of ether oxygens (including phenoxy) is 1. The number of esters is 1. The minimum Gasteiger partial charge on any atom is -0.465 e. The summed E-state index contributed by atoms with van der Waals surface area (Å²) in [4.78, 5) is 45.4. The molecule has 3 fully saturated rings. The van der Waals surface area contributed by atoms with Crippen LogP contribution in [0.3, 0.4) is 0 Å². The van der Waals surface area contributed by atoms with E-state index in [1.807, 2.05) is 20.8 Å². The van der Waals surface area contributed by atoms with E-state index in [9.17, 15) is 19.5 Å². The molecule has 1 N–H and O–H groups in total. The Morgan fingerprint density at radius 3 is 2.61 bits per heavy atom. The van der Waals surface area contributed by atoms with Crippen LogP contribution >= 0.6 is 11.8 Å². The predicted molar refractivity (Wildman–Crippen MR) is 143 cm³/mol. The van der Waals surface area contributed by atoms with Crippen LogP contribution in [-0.4, -0.2) is 80.6 Å². The van der Waals surface area contributed by atoms with Crippen molar-refractivity contribution in [2.24, 2.45) is 17.8 Å². The molecule has 2 bridgehead atoms. The molecule has 0 saturated carbocycles. The third kappa shape index (κ3) is 5.00. The normalized spacial score (nSPS) is 31.4. The minimum absolute atomic E-state index is 0.0983. The minimum atomic E-state index is -0.722. The molecule has 1 spiro atoms. The number of carbonyl (C=O) groups is 3. The predicted octanol–water partition coefficient (Wildman–Crippen LogP) is 3.81. The molecule has 8 heteroatoms. The van der Waals surface area contributed by atoms with Crippen molar-refractivity contribution < 1.29 is 24.2 Å². The Balaban J connectivity index is 2.07. The van der Waals surface area contributed by atoms with E-state index in [4.69, 9.17) is 4.74 Å². The molecular weight excluding hydrogens is 476 g/mol. The van der Waals surface area contributed by atoms with Gasteiger partial charge in [-0.25, -0.2) is 0 Å². The molecule has 0 aromatic rings. The standard InChI is InChI=1S/C28H44N2O5S/c1-7-10-15-29(14-9-3)25(33)23-28-13-12-27(6,36-28)22(26(34)35-16-11-8-2)21(28)24(32)30(23)20(18-31)17-19(4)5/h8-9,19-23,31H,2-3,7,10-18H2,1,4-6H3/t20-,21+,22+,23?,27-,28?/m1/s1. The zero-order chi connectivity index (χ0) is 26.7. The molecule has 3 heterocycles. The molecule has 3 aliphatic rings. The summed E-state index contributed by atoms with van der Waals surface area (Å²) in [7, 11) is 0. The van der Waals surface area contributed by atoms with E-state index in [-0.39, 0.29) is 36.9 Å². The topological polar surface area (TPSA) is 87.1 Å². The van der Waals surface area contributed by atoms with Gasteiger partial charge < -0.3 is 19.6 Å². The summed E-state index contributed by atoms with van der Waals surface area (Å²) in [6.07, 6.45) is 7.78. The van der Waals surface area contributed by atoms with Crippen LogP contribution in [0.2, 0.25) is 0 Å². The Morgan fingerprint density at radius 1 is 1.31 bits per heavy atom. The van der Waals surface area contributed by atoms with Crippen molar-refractivity contribution in [3.63, 3.8) is 0 Å². The van der Waals surface area contributed by atoms with Crippen molar-refractivity contribution in [2.45, 2.75) is 87.8 Å². The summed E-state index contributed by atoms with van der Waals surface area (Å²) >= 11 is 1.64. The highest BCUT2D eigenvalue weighted by Crippen LogP contribution is 2.71. The fourth-order valence-electron chi connectivity index (χ4n) is 6.52. The lowest BCUT2D eigenvalue weighted by molar-refractivity contribution is -0.156. The Bertz CT molecular complexity index is 863. The third-order valence-corrected chi connectivity index (χ3v) is 10.0. The SMILES string of the molecule is C=CCCOC(=O)[C@@H]1[C@H]2C(=O)N([C@@H](CO)CC(C)C)C(C(=O)N(CC=C)CCCC)C23CC[C@@]1(C)S3. The van der Waals surface area contributed by atoms with Crippen LogP contribution in [0.1, 0.15) is 66.2 Å². The lowest BCUT2D eigenvalue weighted by atomic mass is 9.66. The molecule has 3 aliphatic heterocycles. The van der Waals surface area contributed by atoms with Crippen molar-refractivity contribution in [3.05, 3.63) is 25.3 Å². The van der Waals surface area contributed by atoms with Gasteiger partial charge in [0.1, 0.15) is 6.04 Å². The first kappa shape index (κ1) is 28.8. The first-order chi connectivity index (χ1) is 17.1. The number of unbranched alkanes of at least 4 members (excludes halogenated alkanes) is 1. The molecule has 3 saturated heterocycles. The van der Waals surface area contributed by atoms with Gasteiger partial charge in [0.05, 0.1) is 35.8 Å². The Morgan fingerprint density at radius 2 is 2.03 bits per heavy atom. The maximum Gasteiger partial charge on any atom is 0.311 e. The van der Waals surface area contributed by atoms with E-state index >= 15 is 0 Å². The van der Waals surface area contributed by atoms with Crippen molar-refractivity contribution in [1.82, 2.24) is 9.80 Å². The van der Waals surface area contributed by atoms with Crippen LogP contribution in [0, 0.1) is 17.8 Å². The zero-order valence-corrected chi connectivity index (χ0v) is 23.2. The lowest BCUT2D eigenvalue weighted by Crippen LogP contribution is -2.57. The maximum absolute atomic E-state index is 14.3. The summed E-state index contributed by atoms with van der Waals surface area (Å²) in [5.74, 6) is -1.67. The highest BCUT2D eigenvalue weighted by atomic mass is 32.2. The molecule has 0 radical (unpaired) electrons. The molecule has 2 unspecified atom stereocenters. The van der Waals surface area contributed by atoms with Crippen LogP contribution in [0.5, 0.6) is 0 Å². The van der Waals surface area contributed by atoms with Gasteiger partial charge in [-0.2, -0.15) is 0 Å². The van der Waals surface area contributed by atoms with Crippen LogP contribution < -0.4 is 0 Å². The molecule has 2 amide bonds. The van der Waals surface area contributed by atoms with Gasteiger partial charge in [0.15, 0.2) is 0 Å². The van der Waals surface area contributed by atoms with Gasteiger partial charge in [-0.15, -0.1) is 24.9 Å². The number of thioether (sulfide) groups is 1. The first-order valence-corrected chi connectivity index (χ1v) is 14.2. The molecule has 202 valence electrons. The molecule has 6 atom stereocenters. The molecular formula is C28H44N2O5S. The number of likely N-dealkylation sites (tertiary alicyclic amines) is 1. The number of amides is 2. The van der Waals surface area contributed by atoms with Gasteiger partial charge >= 0.3 is 5.97 Å². The number of hydrogen-bond donors (Lipinski definition) is 1. The van der Waals surface area contributed by atoms with Gasteiger partial charge in [0.25, 0.3) is 0 Å². The van der Waals surface area contributed by atoms with Gasteiger partial charge in [0.2, 0.25) is 11.8 Å². The second kappa shape index (κ2) is 11.7. The summed E-state index contributed by atoms with van der Waals surface area (Å²) < 4.78 is 4.44. The quantitative estimate of drug-likeness (QED) is 0.213. The van der Waals surface area contributed by atoms with Gasteiger partial charge in [0, 0.05) is 17.8 Å². The molecule has 36 heavy (non-hydrogen) atoms. The van der Waals surface area contributed by atoms with E-state index < -0.39 is 33.4 Å². The summed E-state index contributed by atoms with van der Waals surface area (Å²) in [6, 6.07) is -1.20. The van der Waals surface area contributed by atoms with Crippen LogP contribution in [0.15, 0.2) is 25.3 Å². The smallest absolute Gasteiger partial charge is 0.311 e. The molecule has 0 aromatic carbocycles. The van der Waals surface area contributed by atoms with E-state index in [2.05, 4.69) is 20.1 Å². The number of rotatable bonds is 14. The molecule has 0 aromatic heterocycles. The van der Waals surface area contributed by atoms with E-state index in [0.29, 0.717) is 32.4 Å². The van der Waals surface area contributed by atoms with Crippen molar-refractivity contribution in [2.75, 3.05) is 26.3 Å². The highest BCUT2D eigenvalue weighted by molar-refractivity contribution is 8.02. The second-order valence-corrected chi connectivity index (χ2v) is 13.0. The van der Waals surface area contributed by atoms with Crippen molar-refractivity contribution >= 4 is 29.5 Å². The lowest BCUT2D eigenvalue weighted by Gasteiger charge is -2.40. The average Bonchev–Trinajstić information content (AvgIpc) is 3.40. The summed E-state index contributed by atoms with van der Waals surface area (Å²) in [5, 5.41) is 10.4. The van der Waals surface area contributed by atoms with E-state index in [1.54, 1.807) is 33.7 Å². The van der Waals surface area contributed by atoms with Crippen molar-refractivity contribution in [1.29, 1.82) is 0 Å². The summed E-state index contributed by atoms with van der Waals surface area (Å²) in [6.45, 7) is 16.8. The monoisotopic (exact) mass is 520 g/mol. The number of hydrogen-bond acceptors (Lipinski definition) is 6. The molecule has 0 aliphatic carbocycles. The van der Waals surface area contributed by atoms with Gasteiger partial charge in [-0.3, -0.25) is 14.4 Å². The molecule has 7 nitrogen and oxygen atoms in total. The van der Waals surface area contributed by atoms with Crippen LogP contribution in [-0.2, 0) is 19.1 Å². The van der Waals surface area contributed by atoms with Gasteiger partial charge in [-0.1, -0.05) is 39.3 Å². The number of aliphatic hydroxyl groups excluding tert-OH is 1. The number of nitrogens with zero attached hydrogens (tertiary/aromatic N) is 2. The van der Waals surface area contributed by atoms with E-state index in [0.717, 1.165) is 19.3 Å². The fourth-order valence-corrected chi connectivity index (χ4v) is 8.84. The number of fused-ring (bicyclic) bond motifs is 1. The van der Waals surface area contributed by atoms with Crippen LogP contribution in [0.25, 0.3) is 0 Å². The second-order valence-electron chi connectivity index (χ2n) is 11.1. The summed E-state index contributed by atoms with van der Waals surface area (Å²) in [5.41, 5.74) is 0. The number of carbonyl (C=O) groups excluding carboxylic acids is 3. The number of aliphatic hydroxyl groups is 1. The average molecular weight is 521 g/mol.